The minimum absolute atomic E-state index is 0.168. The second kappa shape index (κ2) is 6.21. The zero-order valence-electron chi connectivity index (χ0n) is 10.6. The number of carboxylic acids is 1. The zero-order chi connectivity index (χ0) is 12.1. The Morgan fingerprint density at radius 3 is 2.44 bits per heavy atom. The van der Waals surface area contributed by atoms with Crippen LogP contribution in [0, 0.1) is 5.92 Å². The average Bonchev–Trinajstić information content (AvgIpc) is 2.94. The summed E-state index contributed by atoms with van der Waals surface area (Å²) in [6.07, 6.45) is 3.82. The molecule has 4 nitrogen and oxygen atoms in total. The van der Waals surface area contributed by atoms with E-state index in [1.807, 2.05) is 14.1 Å². The standard InChI is InChI=1S/C12H24N2O2/c1-10(8-11-4-5-11)14(9-12(15)16)7-6-13(2)3/h10-11H,4-9H2,1-3H3,(H,15,16). The summed E-state index contributed by atoms with van der Waals surface area (Å²) in [5, 5.41) is 8.89. The quantitative estimate of drug-likeness (QED) is 0.676. The summed E-state index contributed by atoms with van der Waals surface area (Å²) in [7, 11) is 4.04. The number of rotatable bonds is 8. The molecule has 0 heterocycles. The van der Waals surface area contributed by atoms with E-state index in [2.05, 4.69) is 16.7 Å². The third kappa shape index (κ3) is 5.47. The van der Waals surface area contributed by atoms with E-state index in [0.29, 0.717) is 6.04 Å². The van der Waals surface area contributed by atoms with E-state index in [1.54, 1.807) is 0 Å². The lowest BCUT2D eigenvalue weighted by molar-refractivity contribution is -0.139. The van der Waals surface area contributed by atoms with Gasteiger partial charge in [-0.1, -0.05) is 12.8 Å². The number of carbonyl (C=O) groups is 1. The zero-order valence-corrected chi connectivity index (χ0v) is 10.6. The predicted molar refractivity (Wildman–Crippen MR) is 64.6 cm³/mol. The Balaban J connectivity index is 2.36. The van der Waals surface area contributed by atoms with Gasteiger partial charge in [-0.15, -0.1) is 0 Å². The monoisotopic (exact) mass is 228 g/mol. The minimum atomic E-state index is -0.721. The van der Waals surface area contributed by atoms with Crippen LogP contribution in [0.15, 0.2) is 0 Å². The van der Waals surface area contributed by atoms with Crippen LogP contribution in [-0.4, -0.2) is 60.6 Å². The average molecular weight is 228 g/mol. The molecule has 1 aliphatic carbocycles. The molecule has 0 amide bonds. The molecule has 1 unspecified atom stereocenters. The summed E-state index contributed by atoms with van der Waals surface area (Å²) >= 11 is 0. The van der Waals surface area contributed by atoms with E-state index in [1.165, 1.54) is 12.8 Å². The Morgan fingerprint density at radius 2 is 2.00 bits per heavy atom. The van der Waals surface area contributed by atoms with Crippen molar-refractivity contribution in [3.63, 3.8) is 0 Å². The topological polar surface area (TPSA) is 43.8 Å². The van der Waals surface area contributed by atoms with Crippen LogP contribution >= 0.6 is 0 Å². The van der Waals surface area contributed by atoms with Gasteiger partial charge in [0.2, 0.25) is 0 Å². The first-order chi connectivity index (χ1) is 7.49. The van der Waals surface area contributed by atoms with Gasteiger partial charge in [0.05, 0.1) is 6.54 Å². The molecule has 4 heteroatoms. The Morgan fingerprint density at radius 1 is 1.38 bits per heavy atom. The maximum Gasteiger partial charge on any atom is 0.317 e. The Labute approximate surface area is 98.2 Å². The van der Waals surface area contributed by atoms with Gasteiger partial charge in [-0.05, 0) is 33.4 Å². The molecule has 16 heavy (non-hydrogen) atoms. The van der Waals surface area contributed by atoms with E-state index in [-0.39, 0.29) is 6.54 Å². The first kappa shape index (κ1) is 13.5. The molecule has 0 saturated heterocycles. The normalized spacial score (nSPS) is 18.1. The van der Waals surface area contributed by atoms with Crippen LogP contribution in [0.1, 0.15) is 26.2 Å². The van der Waals surface area contributed by atoms with E-state index in [9.17, 15) is 4.79 Å². The van der Waals surface area contributed by atoms with Crippen molar-refractivity contribution < 1.29 is 9.90 Å². The van der Waals surface area contributed by atoms with Gasteiger partial charge in [0.25, 0.3) is 0 Å². The highest BCUT2D eigenvalue weighted by Crippen LogP contribution is 2.34. The third-order valence-corrected chi connectivity index (χ3v) is 3.17. The molecule has 1 aliphatic rings. The molecule has 1 atom stereocenters. The summed E-state index contributed by atoms with van der Waals surface area (Å²) < 4.78 is 0. The lowest BCUT2D eigenvalue weighted by atomic mass is 10.1. The van der Waals surface area contributed by atoms with Crippen LogP contribution in [0.5, 0.6) is 0 Å². The second-order valence-corrected chi connectivity index (χ2v) is 5.20. The van der Waals surface area contributed by atoms with Crippen LogP contribution in [0.25, 0.3) is 0 Å². The highest BCUT2D eigenvalue weighted by Gasteiger charge is 2.26. The maximum absolute atomic E-state index is 10.8. The lowest BCUT2D eigenvalue weighted by Crippen LogP contribution is -2.41. The molecule has 0 aromatic carbocycles. The van der Waals surface area contributed by atoms with E-state index >= 15 is 0 Å². The van der Waals surface area contributed by atoms with Gasteiger partial charge < -0.3 is 10.0 Å². The van der Waals surface area contributed by atoms with Crippen molar-refractivity contribution in [2.45, 2.75) is 32.2 Å². The van der Waals surface area contributed by atoms with E-state index in [0.717, 1.165) is 25.4 Å². The Bertz CT molecular complexity index is 227. The van der Waals surface area contributed by atoms with Crippen molar-refractivity contribution in [2.75, 3.05) is 33.7 Å². The first-order valence-corrected chi connectivity index (χ1v) is 6.09. The molecule has 0 aromatic rings. The molecule has 94 valence electrons. The van der Waals surface area contributed by atoms with Crippen LogP contribution in [-0.2, 0) is 4.79 Å². The van der Waals surface area contributed by atoms with Gasteiger partial charge in [-0.2, -0.15) is 0 Å². The highest BCUT2D eigenvalue weighted by atomic mass is 16.4. The maximum atomic E-state index is 10.8. The highest BCUT2D eigenvalue weighted by molar-refractivity contribution is 5.69. The van der Waals surface area contributed by atoms with Crippen molar-refractivity contribution in [1.29, 1.82) is 0 Å². The fourth-order valence-corrected chi connectivity index (χ4v) is 1.94. The SMILES string of the molecule is CC(CC1CC1)N(CCN(C)C)CC(=O)O. The largest absolute Gasteiger partial charge is 0.480 e. The molecular weight excluding hydrogens is 204 g/mol. The first-order valence-electron chi connectivity index (χ1n) is 6.09. The number of hydrogen-bond acceptors (Lipinski definition) is 3. The number of carboxylic acid groups (broad SMARTS) is 1. The van der Waals surface area contributed by atoms with Gasteiger partial charge >= 0.3 is 5.97 Å². The summed E-state index contributed by atoms with van der Waals surface area (Å²) in [6.45, 7) is 4.08. The van der Waals surface area contributed by atoms with Crippen molar-refractivity contribution in [3.8, 4) is 0 Å². The molecular formula is C12H24N2O2. The van der Waals surface area contributed by atoms with Crippen molar-refractivity contribution in [3.05, 3.63) is 0 Å². The number of hydrogen-bond donors (Lipinski definition) is 1. The summed E-state index contributed by atoms with van der Waals surface area (Å²) in [4.78, 5) is 15.0. The molecule has 0 aliphatic heterocycles. The summed E-state index contributed by atoms with van der Waals surface area (Å²) in [6, 6.07) is 0.392. The summed E-state index contributed by atoms with van der Waals surface area (Å²) in [5.74, 6) is 0.132. The molecule has 1 saturated carbocycles. The van der Waals surface area contributed by atoms with Gasteiger partial charge in [0.1, 0.15) is 0 Å². The smallest absolute Gasteiger partial charge is 0.317 e. The van der Waals surface area contributed by atoms with Crippen molar-refractivity contribution in [1.82, 2.24) is 9.80 Å². The van der Waals surface area contributed by atoms with Gasteiger partial charge in [0, 0.05) is 19.1 Å². The van der Waals surface area contributed by atoms with E-state index < -0.39 is 5.97 Å². The third-order valence-electron chi connectivity index (χ3n) is 3.17. The van der Waals surface area contributed by atoms with Gasteiger partial charge in [0.15, 0.2) is 0 Å². The number of nitrogens with zero attached hydrogens (tertiary/aromatic N) is 2. The molecule has 0 spiro atoms. The molecule has 1 rings (SSSR count). The van der Waals surface area contributed by atoms with Crippen LogP contribution < -0.4 is 0 Å². The minimum Gasteiger partial charge on any atom is -0.480 e. The van der Waals surface area contributed by atoms with Gasteiger partial charge in [-0.3, -0.25) is 9.69 Å². The molecule has 1 N–H and O–H groups in total. The van der Waals surface area contributed by atoms with Crippen LogP contribution in [0.4, 0.5) is 0 Å². The van der Waals surface area contributed by atoms with Crippen molar-refractivity contribution >= 4 is 5.97 Å². The second-order valence-electron chi connectivity index (χ2n) is 5.20. The van der Waals surface area contributed by atoms with E-state index in [4.69, 9.17) is 5.11 Å². The summed E-state index contributed by atoms with van der Waals surface area (Å²) in [5.41, 5.74) is 0. The number of likely N-dealkylation sites (N-methyl/N-ethyl adjacent to an activating group) is 1. The van der Waals surface area contributed by atoms with Crippen molar-refractivity contribution in [2.24, 2.45) is 5.92 Å². The molecule has 1 fully saturated rings. The van der Waals surface area contributed by atoms with Crippen LogP contribution in [0.3, 0.4) is 0 Å². The fourth-order valence-electron chi connectivity index (χ4n) is 1.94. The lowest BCUT2D eigenvalue weighted by Gasteiger charge is -2.28. The molecule has 0 radical (unpaired) electrons. The predicted octanol–water partition coefficient (Wildman–Crippen LogP) is 1.12. The Kier molecular flexibility index (Phi) is 5.22. The Hall–Kier alpha value is -0.610. The molecule has 0 bridgehead atoms. The number of aliphatic carboxylic acids is 1. The molecule has 0 aromatic heterocycles. The van der Waals surface area contributed by atoms with Crippen LogP contribution in [0.2, 0.25) is 0 Å². The fraction of sp³-hybridized carbons (Fsp3) is 0.917. The van der Waals surface area contributed by atoms with Gasteiger partial charge in [-0.25, -0.2) is 0 Å².